The number of benzene rings is 2. The molecule has 0 atom stereocenters. The van der Waals surface area contributed by atoms with Crippen LogP contribution >= 0.6 is 11.3 Å². The first-order chi connectivity index (χ1) is 15.6. The van der Waals surface area contributed by atoms with Crippen molar-refractivity contribution in [1.29, 1.82) is 0 Å². The number of ether oxygens (including phenoxy) is 1. The molecule has 2 aromatic carbocycles. The summed E-state index contributed by atoms with van der Waals surface area (Å²) in [6, 6.07) is 15.1. The molecule has 5 rings (SSSR count). The Labute approximate surface area is 189 Å². The molecule has 0 bridgehead atoms. The summed E-state index contributed by atoms with van der Waals surface area (Å²) in [6.07, 6.45) is 1.89. The number of nitrogens with zero attached hydrogens (tertiary/aromatic N) is 3. The van der Waals surface area contributed by atoms with Gasteiger partial charge in [0, 0.05) is 41.5 Å². The Bertz CT molecular complexity index is 1290. The fourth-order valence-corrected chi connectivity index (χ4v) is 4.60. The van der Waals surface area contributed by atoms with Gasteiger partial charge >= 0.3 is 0 Å². The number of morpholine rings is 1. The highest BCUT2D eigenvalue weighted by Gasteiger charge is 2.22. The number of aryl methyl sites for hydroxylation is 1. The summed E-state index contributed by atoms with van der Waals surface area (Å²) in [5, 5.41) is 4.79. The Kier molecular flexibility index (Phi) is 5.46. The molecule has 1 aliphatic heterocycles. The van der Waals surface area contributed by atoms with Gasteiger partial charge in [0.05, 0.1) is 18.9 Å². The van der Waals surface area contributed by atoms with Crippen LogP contribution in [0.5, 0.6) is 0 Å². The van der Waals surface area contributed by atoms with Gasteiger partial charge in [-0.25, -0.2) is 4.98 Å². The Morgan fingerprint density at radius 3 is 2.56 bits per heavy atom. The predicted molar refractivity (Wildman–Crippen MR) is 124 cm³/mol. The van der Waals surface area contributed by atoms with Crippen LogP contribution in [0.1, 0.15) is 26.4 Å². The minimum absolute atomic E-state index is 0.00207. The number of nitrogens with one attached hydrogen (secondary N) is 1. The number of carbonyl (C=O) groups excluding carboxylic acids is 2. The lowest BCUT2D eigenvalue weighted by Crippen LogP contribution is -2.41. The summed E-state index contributed by atoms with van der Waals surface area (Å²) < 4.78 is 7.20. The van der Waals surface area contributed by atoms with E-state index in [1.165, 1.54) is 11.3 Å². The molecule has 3 heterocycles. The maximum Gasteiger partial charge on any atom is 0.271 e. The molecule has 2 amide bonds. The highest BCUT2D eigenvalue weighted by Crippen LogP contribution is 2.26. The zero-order chi connectivity index (χ0) is 22.1. The highest BCUT2D eigenvalue weighted by atomic mass is 32.1. The van der Waals surface area contributed by atoms with E-state index in [1.807, 2.05) is 76.3 Å². The van der Waals surface area contributed by atoms with Crippen LogP contribution in [0.25, 0.3) is 16.2 Å². The van der Waals surface area contributed by atoms with Crippen LogP contribution < -0.4 is 5.32 Å². The first kappa shape index (κ1) is 20.4. The molecule has 8 heteroatoms. The van der Waals surface area contributed by atoms with Gasteiger partial charge in [0.1, 0.15) is 5.69 Å². The number of carbonyl (C=O) groups is 2. The standard InChI is InChI=1S/C24H22N4O3S/c1-16-4-2-3-5-19(16)22(29)25-18-8-6-17(7-9-18)20-14-28-21(15-32-24(28)26-20)23(30)27-10-12-31-13-11-27/h2-9,14-15H,10-13H2,1H3,(H,25,29). The van der Waals surface area contributed by atoms with E-state index < -0.39 is 0 Å². The van der Waals surface area contributed by atoms with Crippen LogP contribution in [0.4, 0.5) is 5.69 Å². The molecule has 2 aromatic heterocycles. The maximum atomic E-state index is 12.9. The average molecular weight is 447 g/mol. The number of fused-ring (bicyclic) bond motifs is 1. The molecular weight excluding hydrogens is 424 g/mol. The van der Waals surface area contributed by atoms with E-state index in [4.69, 9.17) is 4.74 Å². The molecule has 4 aromatic rings. The molecule has 1 fully saturated rings. The van der Waals surface area contributed by atoms with E-state index in [9.17, 15) is 9.59 Å². The number of rotatable bonds is 4. The second-order valence-corrected chi connectivity index (χ2v) is 8.49. The van der Waals surface area contributed by atoms with Crippen molar-refractivity contribution in [2.75, 3.05) is 31.6 Å². The quantitative estimate of drug-likeness (QED) is 0.512. The summed E-state index contributed by atoms with van der Waals surface area (Å²) in [5.41, 5.74) is 4.62. The van der Waals surface area contributed by atoms with Crippen molar-refractivity contribution in [3.8, 4) is 11.3 Å². The topological polar surface area (TPSA) is 75.9 Å². The Morgan fingerprint density at radius 1 is 1.06 bits per heavy atom. The molecule has 32 heavy (non-hydrogen) atoms. The zero-order valence-electron chi connectivity index (χ0n) is 17.6. The SMILES string of the molecule is Cc1ccccc1C(=O)Nc1ccc(-c2cn3c(C(=O)N4CCOCC4)csc3n2)cc1. The lowest BCUT2D eigenvalue weighted by molar-refractivity contribution is 0.0298. The number of imidazole rings is 1. The van der Waals surface area contributed by atoms with Gasteiger partial charge in [-0.2, -0.15) is 0 Å². The fourth-order valence-electron chi connectivity index (χ4n) is 3.76. The number of aromatic nitrogens is 2. The summed E-state index contributed by atoms with van der Waals surface area (Å²) >= 11 is 1.45. The number of anilines is 1. The molecule has 0 aliphatic carbocycles. The third-order valence-electron chi connectivity index (χ3n) is 5.55. The van der Waals surface area contributed by atoms with Crippen LogP contribution in [0, 0.1) is 6.92 Å². The van der Waals surface area contributed by atoms with Gasteiger partial charge in [0.2, 0.25) is 0 Å². The van der Waals surface area contributed by atoms with E-state index in [-0.39, 0.29) is 11.8 Å². The van der Waals surface area contributed by atoms with Crippen molar-refractivity contribution in [1.82, 2.24) is 14.3 Å². The number of thiazole rings is 1. The normalized spacial score (nSPS) is 14.0. The monoisotopic (exact) mass is 446 g/mol. The fraction of sp³-hybridized carbons (Fsp3) is 0.208. The van der Waals surface area contributed by atoms with Gasteiger partial charge in [-0.15, -0.1) is 11.3 Å². The second-order valence-electron chi connectivity index (χ2n) is 7.65. The summed E-state index contributed by atoms with van der Waals surface area (Å²) in [6.45, 7) is 4.27. The Balaban J connectivity index is 1.34. The van der Waals surface area contributed by atoms with Crippen LogP contribution in [0.3, 0.4) is 0 Å². The Morgan fingerprint density at radius 2 is 1.81 bits per heavy atom. The van der Waals surface area contributed by atoms with Crippen molar-refractivity contribution in [3.63, 3.8) is 0 Å². The first-order valence-corrected chi connectivity index (χ1v) is 11.3. The molecule has 1 saturated heterocycles. The third-order valence-corrected chi connectivity index (χ3v) is 6.39. The third kappa shape index (κ3) is 3.90. The predicted octanol–water partition coefficient (Wildman–Crippen LogP) is 4.10. The summed E-state index contributed by atoms with van der Waals surface area (Å²) in [5.74, 6) is -0.137. The van der Waals surface area contributed by atoms with Gasteiger partial charge in [-0.3, -0.25) is 14.0 Å². The van der Waals surface area contributed by atoms with E-state index in [0.29, 0.717) is 43.2 Å². The second kappa shape index (κ2) is 8.57. The summed E-state index contributed by atoms with van der Waals surface area (Å²) in [7, 11) is 0. The van der Waals surface area contributed by atoms with Gasteiger partial charge in [0.15, 0.2) is 4.96 Å². The van der Waals surface area contributed by atoms with E-state index in [0.717, 1.165) is 21.8 Å². The van der Waals surface area contributed by atoms with Crippen molar-refractivity contribution < 1.29 is 14.3 Å². The van der Waals surface area contributed by atoms with Crippen molar-refractivity contribution >= 4 is 33.8 Å². The average Bonchev–Trinajstić information content (AvgIpc) is 3.41. The number of hydrogen-bond acceptors (Lipinski definition) is 5. The molecule has 1 N–H and O–H groups in total. The number of hydrogen-bond donors (Lipinski definition) is 1. The van der Waals surface area contributed by atoms with Crippen LogP contribution in [-0.4, -0.2) is 52.4 Å². The minimum Gasteiger partial charge on any atom is -0.378 e. The molecule has 0 radical (unpaired) electrons. The molecule has 1 aliphatic rings. The van der Waals surface area contributed by atoms with E-state index in [1.54, 1.807) is 0 Å². The molecule has 7 nitrogen and oxygen atoms in total. The maximum absolute atomic E-state index is 12.9. The highest BCUT2D eigenvalue weighted by molar-refractivity contribution is 7.15. The number of amides is 2. The van der Waals surface area contributed by atoms with Crippen LogP contribution in [0.2, 0.25) is 0 Å². The van der Waals surface area contributed by atoms with Gasteiger partial charge < -0.3 is 15.0 Å². The molecule has 0 spiro atoms. The first-order valence-electron chi connectivity index (χ1n) is 10.4. The lowest BCUT2D eigenvalue weighted by atomic mass is 10.1. The van der Waals surface area contributed by atoms with E-state index in [2.05, 4.69) is 10.3 Å². The Hall–Kier alpha value is -3.49. The summed E-state index contributed by atoms with van der Waals surface area (Å²) in [4.78, 5) is 32.7. The van der Waals surface area contributed by atoms with Crippen molar-refractivity contribution in [2.24, 2.45) is 0 Å². The van der Waals surface area contributed by atoms with E-state index >= 15 is 0 Å². The lowest BCUT2D eigenvalue weighted by Gasteiger charge is -2.26. The van der Waals surface area contributed by atoms with Crippen LogP contribution in [0.15, 0.2) is 60.1 Å². The smallest absolute Gasteiger partial charge is 0.271 e. The van der Waals surface area contributed by atoms with Gasteiger partial charge in [0.25, 0.3) is 11.8 Å². The van der Waals surface area contributed by atoms with Crippen molar-refractivity contribution in [3.05, 3.63) is 76.9 Å². The molecular formula is C24H22N4O3S. The van der Waals surface area contributed by atoms with Crippen LogP contribution in [-0.2, 0) is 4.74 Å². The van der Waals surface area contributed by atoms with Crippen molar-refractivity contribution in [2.45, 2.75) is 6.92 Å². The molecule has 0 unspecified atom stereocenters. The minimum atomic E-state index is -0.135. The van der Waals surface area contributed by atoms with Gasteiger partial charge in [-0.05, 0) is 30.7 Å². The largest absolute Gasteiger partial charge is 0.378 e. The zero-order valence-corrected chi connectivity index (χ0v) is 18.4. The molecule has 162 valence electrons. The van der Waals surface area contributed by atoms with Gasteiger partial charge in [-0.1, -0.05) is 30.3 Å². The molecule has 0 saturated carbocycles.